The van der Waals surface area contributed by atoms with Crippen LogP contribution in [0.15, 0.2) is 42.3 Å². The van der Waals surface area contributed by atoms with E-state index in [1.165, 1.54) is 5.01 Å². The second kappa shape index (κ2) is 4.04. The number of ether oxygens (including phenoxy) is 1. The number of benzene rings is 1. The zero-order valence-corrected chi connectivity index (χ0v) is 8.43. The van der Waals surface area contributed by atoms with Crippen molar-refractivity contribution in [2.75, 3.05) is 12.1 Å². The lowest BCUT2D eigenvalue weighted by Gasteiger charge is -2.15. The number of para-hydroxylation sites is 1. The summed E-state index contributed by atoms with van der Waals surface area (Å²) in [5.41, 5.74) is 4.58. The molecular formula is C11H12N2O2. The number of anilines is 1. The number of carbonyl (C=O) groups is 1. The van der Waals surface area contributed by atoms with Gasteiger partial charge >= 0.3 is 0 Å². The minimum Gasteiger partial charge on any atom is -0.502 e. The van der Waals surface area contributed by atoms with Crippen LogP contribution in [0.1, 0.15) is 6.42 Å². The number of rotatable bonds is 2. The van der Waals surface area contributed by atoms with Crippen molar-refractivity contribution in [3.05, 3.63) is 42.3 Å². The van der Waals surface area contributed by atoms with Crippen molar-refractivity contribution in [2.24, 2.45) is 0 Å². The average Bonchev–Trinajstić information content (AvgIpc) is 2.61. The molecule has 2 rings (SSSR count). The van der Waals surface area contributed by atoms with Crippen LogP contribution in [0.5, 0.6) is 0 Å². The summed E-state index contributed by atoms with van der Waals surface area (Å²) in [6.07, 6.45) is 1.89. The van der Waals surface area contributed by atoms with E-state index in [2.05, 4.69) is 5.43 Å². The van der Waals surface area contributed by atoms with Crippen LogP contribution < -0.4 is 10.4 Å². The zero-order chi connectivity index (χ0) is 10.7. The third kappa shape index (κ3) is 1.93. The Hall–Kier alpha value is -1.97. The predicted octanol–water partition coefficient (Wildman–Crippen LogP) is 1.42. The molecule has 1 aliphatic heterocycles. The largest absolute Gasteiger partial charge is 0.502 e. The van der Waals surface area contributed by atoms with E-state index in [9.17, 15) is 4.79 Å². The number of hydrazine groups is 1. The van der Waals surface area contributed by atoms with Crippen LogP contribution in [-0.2, 0) is 9.53 Å². The van der Waals surface area contributed by atoms with Gasteiger partial charge in [-0.25, -0.2) is 5.01 Å². The second-order valence-electron chi connectivity index (χ2n) is 3.23. The van der Waals surface area contributed by atoms with Gasteiger partial charge in [0.1, 0.15) is 6.26 Å². The average molecular weight is 204 g/mol. The molecule has 4 heteroatoms. The zero-order valence-electron chi connectivity index (χ0n) is 8.43. The Morgan fingerprint density at radius 2 is 2.13 bits per heavy atom. The lowest BCUT2D eigenvalue weighted by molar-refractivity contribution is -0.117. The molecule has 0 aliphatic carbocycles. The lowest BCUT2D eigenvalue weighted by Crippen LogP contribution is -2.33. The molecule has 1 amide bonds. The van der Waals surface area contributed by atoms with Crippen LogP contribution in [0.4, 0.5) is 5.69 Å². The van der Waals surface area contributed by atoms with Gasteiger partial charge in [-0.05, 0) is 12.1 Å². The molecule has 1 heterocycles. The highest BCUT2D eigenvalue weighted by Gasteiger charge is 2.25. The van der Waals surface area contributed by atoms with Crippen molar-refractivity contribution in [1.82, 2.24) is 5.43 Å². The second-order valence-corrected chi connectivity index (χ2v) is 3.23. The molecule has 1 N–H and O–H groups in total. The van der Waals surface area contributed by atoms with Crippen LogP contribution >= 0.6 is 0 Å². The fourth-order valence-electron chi connectivity index (χ4n) is 1.48. The van der Waals surface area contributed by atoms with Crippen molar-refractivity contribution in [3.63, 3.8) is 0 Å². The number of carbonyl (C=O) groups excluding carboxylic acids is 1. The van der Waals surface area contributed by atoms with Crippen molar-refractivity contribution < 1.29 is 9.53 Å². The third-order valence-corrected chi connectivity index (χ3v) is 2.12. The first-order valence-electron chi connectivity index (χ1n) is 4.68. The predicted molar refractivity (Wildman–Crippen MR) is 56.8 cm³/mol. The van der Waals surface area contributed by atoms with Crippen molar-refractivity contribution in [3.8, 4) is 0 Å². The Morgan fingerprint density at radius 3 is 2.80 bits per heavy atom. The first-order valence-corrected chi connectivity index (χ1v) is 4.68. The molecule has 1 aliphatic rings. The number of nitrogens with one attached hydrogen (secondary N) is 1. The summed E-state index contributed by atoms with van der Waals surface area (Å²) in [6.45, 7) is 0. The number of nitrogens with zero attached hydrogens (tertiary/aromatic N) is 1. The standard InChI is InChI=1S/C11H12N2O2/c1-15-8-9-7-11(14)13(12-9)10-5-3-2-4-6-10/h2-6,8,12H,7H2,1H3. The molecule has 0 unspecified atom stereocenters. The highest BCUT2D eigenvalue weighted by Crippen LogP contribution is 2.19. The van der Waals surface area contributed by atoms with Crippen LogP contribution in [0, 0.1) is 0 Å². The van der Waals surface area contributed by atoms with Crippen molar-refractivity contribution >= 4 is 11.6 Å². The molecule has 1 fully saturated rings. The highest BCUT2D eigenvalue weighted by atomic mass is 16.5. The van der Waals surface area contributed by atoms with Crippen molar-refractivity contribution in [2.45, 2.75) is 6.42 Å². The van der Waals surface area contributed by atoms with E-state index >= 15 is 0 Å². The van der Waals surface area contributed by atoms with E-state index in [0.29, 0.717) is 6.42 Å². The van der Waals surface area contributed by atoms with Gasteiger partial charge < -0.3 is 4.74 Å². The monoisotopic (exact) mass is 204 g/mol. The Kier molecular flexibility index (Phi) is 2.58. The lowest BCUT2D eigenvalue weighted by atomic mass is 10.3. The Bertz CT molecular complexity index is 387. The van der Waals surface area contributed by atoms with Gasteiger partial charge in [0, 0.05) is 0 Å². The summed E-state index contributed by atoms with van der Waals surface area (Å²) in [7, 11) is 1.56. The van der Waals surface area contributed by atoms with Gasteiger partial charge in [-0.1, -0.05) is 18.2 Å². The molecule has 0 atom stereocenters. The summed E-state index contributed by atoms with van der Waals surface area (Å²) in [5.74, 6) is 0.0181. The molecule has 0 saturated carbocycles. The fourth-order valence-corrected chi connectivity index (χ4v) is 1.48. The Balaban J connectivity index is 2.19. The van der Waals surface area contributed by atoms with Crippen LogP contribution in [0.2, 0.25) is 0 Å². The van der Waals surface area contributed by atoms with E-state index in [1.807, 2.05) is 30.3 Å². The van der Waals surface area contributed by atoms with E-state index in [-0.39, 0.29) is 5.91 Å². The van der Waals surface area contributed by atoms with E-state index in [4.69, 9.17) is 4.74 Å². The minimum atomic E-state index is 0.0181. The first-order chi connectivity index (χ1) is 7.31. The summed E-state index contributed by atoms with van der Waals surface area (Å²) < 4.78 is 4.85. The number of hydrogen-bond donors (Lipinski definition) is 1. The molecule has 15 heavy (non-hydrogen) atoms. The fraction of sp³-hybridized carbons (Fsp3) is 0.182. The maximum Gasteiger partial charge on any atom is 0.251 e. The van der Waals surface area contributed by atoms with Crippen LogP contribution in [-0.4, -0.2) is 13.0 Å². The van der Waals surface area contributed by atoms with Gasteiger partial charge in [-0.15, -0.1) is 0 Å². The minimum absolute atomic E-state index is 0.0181. The Morgan fingerprint density at radius 1 is 1.40 bits per heavy atom. The highest BCUT2D eigenvalue weighted by molar-refractivity contribution is 5.96. The number of hydrogen-bond acceptors (Lipinski definition) is 3. The maximum absolute atomic E-state index is 11.6. The molecule has 0 aromatic heterocycles. The van der Waals surface area contributed by atoms with Gasteiger partial charge in [0.2, 0.25) is 0 Å². The van der Waals surface area contributed by atoms with Gasteiger partial charge in [0.25, 0.3) is 5.91 Å². The normalized spacial score (nSPS) is 18.1. The quantitative estimate of drug-likeness (QED) is 0.741. The van der Waals surface area contributed by atoms with E-state index in [1.54, 1.807) is 13.4 Å². The number of amides is 1. The maximum atomic E-state index is 11.6. The topological polar surface area (TPSA) is 41.6 Å². The summed E-state index contributed by atoms with van der Waals surface area (Å²) in [5, 5.41) is 1.52. The molecular weight excluding hydrogens is 192 g/mol. The molecule has 0 spiro atoms. The molecule has 1 aromatic rings. The number of methoxy groups -OCH3 is 1. The van der Waals surface area contributed by atoms with Gasteiger partial charge in [0.05, 0.1) is 24.9 Å². The third-order valence-electron chi connectivity index (χ3n) is 2.12. The molecule has 78 valence electrons. The summed E-state index contributed by atoms with van der Waals surface area (Å²) in [4.78, 5) is 11.6. The Labute approximate surface area is 88.1 Å². The smallest absolute Gasteiger partial charge is 0.251 e. The van der Waals surface area contributed by atoms with E-state index in [0.717, 1.165) is 11.4 Å². The van der Waals surface area contributed by atoms with Crippen molar-refractivity contribution in [1.29, 1.82) is 0 Å². The van der Waals surface area contributed by atoms with Crippen LogP contribution in [0.25, 0.3) is 0 Å². The first kappa shape index (κ1) is 9.58. The molecule has 0 radical (unpaired) electrons. The van der Waals surface area contributed by atoms with Gasteiger partial charge in [-0.3, -0.25) is 10.2 Å². The van der Waals surface area contributed by atoms with Gasteiger partial charge in [-0.2, -0.15) is 0 Å². The molecule has 4 nitrogen and oxygen atoms in total. The molecule has 1 saturated heterocycles. The van der Waals surface area contributed by atoms with Crippen LogP contribution in [0.3, 0.4) is 0 Å². The SMILES string of the molecule is COC=C1CC(=O)N(c2ccccc2)N1. The molecule has 0 bridgehead atoms. The van der Waals surface area contributed by atoms with Gasteiger partial charge in [0.15, 0.2) is 0 Å². The van der Waals surface area contributed by atoms with E-state index < -0.39 is 0 Å². The molecule has 1 aromatic carbocycles. The summed E-state index contributed by atoms with van der Waals surface area (Å²) in [6, 6.07) is 9.45. The summed E-state index contributed by atoms with van der Waals surface area (Å²) >= 11 is 0.